The highest BCUT2D eigenvalue weighted by Crippen LogP contribution is 2.23. The van der Waals surface area contributed by atoms with Crippen LogP contribution < -0.4 is 5.32 Å². The van der Waals surface area contributed by atoms with Gasteiger partial charge in [0.2, 0.25) is 5.91 Å². The van der Waals surface area contributed by atoms with E-state index in [4.69, 9.17) is 4.74 Å². The van der Waals surface area contributed by atoms with Gasteiger partial charge in [0.05, 0.1) is 12.7 Å². The zero-order chi connectivity index (χ0) is 14.6. The summed E-state index contributed by atoms with van der Waals surface area (Å²) in [7, 11) is 1.34. The first-order valence-corrected chi connectivity index (χ1v) is 6.22. The van der Waals surface area contributed by atoms with Crippen LogP contribution in [0, 0.1) is 12.3 Å². The van der Waals surface area contributed by atoms with Crippen LogP contribution in [0.2, 0.25) is 0 Å². The molecule has 0 atom stereocenters. The zero-order valence-corrected chi connectivity index (χ0v) is 12.2. The van der Waals surface area contributed by atoms with E-state index in [9.17, 15) is 9.59 Å². The molecule has 0 aliphatic rings. The molecular formula is C15H21NO3. The van der Waals surface area contributed by atoms with Crippen molar-refractivity contribution in [3.63, 3.8) is 0 Å². The number of carbonyl (C=O) groups excluding carboxylic acids is 2. The number of nitrogens with one attached hydrogen (secondary N) is 1. The number of hydrogen-bond acceptors (Lipinski definition) is 3. The third kappa shape index (κ3) is 4.39. The molecule has 0 saturated heterocycles. The van der Waals surface area contributed by atoms with Gasteiger partial charge in [-0.05, 0) is 30.0 Å². The highest BCUT2D eigenvalue weighted by Gasteiger charge is 2.18. The van der Waals surface area contributed by atoms with Crippen LogP contribution in [-0.2, 0) is 9.53 Å². The maximum Gasteiger partial charge on any atom is 0.338 e. The molecule has 1 amide bonds. The summed E-state index contributed by atoms with van der Waals surface area (Å²) in [6.45, 7) is 7.80. The van der Waals surface area contributed by atoms with Gasteiger partial charge in [-0.25, -0.2) is 4.79 Å². The molecule has 0 fully saturated rings. The number of esters is 1. The third-order valence-electron chi connectivity index (χ3n) is 2.70. The van der Waals surface area contributed by atoms with Crippen LogP contribution in [0.15, 0.2) is 18.2 Å². The SMILES string of the molecule is COC(=O)c1cccc(NC(=O)CC(C)(C)C)c1C. The molecule has 4 nitrogen and oxygen atoms in total. The summed E-state index contributed by atoms with van der Waals surface area (Å²) >= 11 is 0. The summed E-state index contributed by atoms with van der Waals surface area (Å²) in [4.78, 5) is 23.5. The van der Waals surface area contributed by atoms with Crippen molar-refractivity contribution in [3.05, 3.63) is 29.3 Å². The van der Waals surface area contributed by atoms with Gasteiger partial charge in [0.25, 0.3) is 0 Å². The average molecular weight is 263 g/mol. The highest BCUT2D eigenvalue weighted by atomic mass is 16.5. The highest BCUT2D eigenvalue weighted by molar-refractivity contribution is 5.96. The molecule has 0 heterocycles. The van der Waals surface area contributed by atoms with Gasteiger partial charge in [0.15, 0.2) is 0 Å². The average Bonchev–Trinajstić information content (AvgIpc) is 2.28. The smallest absolute Gasteiger partial charge is 0.338 e. The summed E-state index contributed by atoms with van der Waals surface area (Å²) in [5.41, 5.74) is 1.77. The first-order valence-electron chi connectivity index (χ1n) is 6.22. The van der Waals surface area contributed by atoms with Gasteiger partial charge in [-0.3, -0.25) is 4.79 Å². The van der Waals surface area contributed by atoms with Gasteiger partial charge in [-0.15, -0.1) is 0 Å². The molecule has 0 spiro atoms. The summed E-state index contributed by atoms with van der Waals surface area (Å²) in [6.07, 6.45) is 0.425. The lowest BCUT2D eigenvalue weighted by Gasteiger charge is -2.18. The van der Waals surface area contributed by atoms with E-state index in [1.165, 1.54) is 7.11 Å². The number of anilines is 1. The minimum Gasteiger partial charge on any atom is -0.465 e. The number of benzene rings is 1. The number of rotatable bonds is 3. The van der Waals surface area contributed by atoms with E-state index in [1.54, 1.807) is 25.1 Å². The molecule has 1 aromatic carbocycles. The van der Waals surface area contributed by atoms with Crippen LogP contribution in [0.5, 0.6) is 0 Å². The van der Waals surface area contributed by atoms with E-state index in [2.05, 4.69) is 5.32 Å². The second kappa shape index (κ2) is 5.87. The minimum absolute atomic E-state index is 0.0578. The maximum absolute atomic E-state index is 11.9. The van der Waals surface area contributed by atoms with Crippen molar-refractivity contribution in [3.8, 4) is 0 Å². The lowest BCUT2D eigenvalue weighted by Crippen LogP contribution is -2.20. The van der Waals surface area contributed by atoms with Gasteiger partial charge in [0.1, 0.15) is 0 Å². The van der Waals surface area contributed by atoms with Crippen molar-refractivity contribution >= 4 is 17.6 Å². The third-order valence-corrected chi connectivity index (χ3v) is 2.70. The van der Waals surface area contributed by atoms with E-state index < -0.39 is 5.97 Å². The number of amides is 1. The predicted molar refractivity (Wildman–Crippen MR) is 75.2 cm³/mol. The van der Waals surface area contributed by atoms with Crippen LogP contribution in [0.4, 0.5) is 5.69 Å². The summed E-state index contributed by atoms with van der Waals surface area (Å²) in [5.74, 6) is -0.456. The zero-order valence-electron chi connectivity index (χ0n) is 12.2. The lowest BCUT2D eigenvalue weighted by molar-refractivity contribution is -0.117. The van der Waals surface area contributed by atoms with Crippen molar-refractivity contribution in [2.45, 2.75) is 34.1 Å². The van der Waals surface area contributed by atoms with E-state index in [1.807, 2.05) is 20.8 Å². The Balaban J connectivity index is 2.91. The molecule has 19 heavy (non-hydrogen) atoms. The Morgan fingerprint density at radius 3 is 2.42 bits per heavy atom. The predicted octanol–water partition coefficient (Wildman–Crippen LogP) is 3.16. The molecule has 1 rings (SSSR count). The van der Waals surface area contributed by atoms with Crippen molar-refractivity contribution in [2.75, 3.05) is 12.4 Å². The number of ether oxygens (including phenoxy) is 1. The van der Waals surface area contributed by atoms with Crippen molar-refractivity contribution in [1.29, 1.82) is 0 Å². The van der Waals surface area contributed by atoms with Gasteiger partial charge < -0.3 is 10.1 Å². The quantitative estimate of drug-likeness (QED) is 0.852. The van der Waals surface area contributed by atoms with Crippen molar-refractivity contribution in [2.24, 2.45) is 5.41 Å². The molecule has 0 aliphatic carbocycles. The molecule has 4 heteroatoms. The Labute approximate surface area is 114 Å². The number of carbonyl (C=O) groups is 2. The fraction of sp³-hybridized carbons (Fsp3) is 0.467. The van der Waals surface area contributed by atoms with Gasteiger partial charge >= 0.3 is 5.97 Å². The summed E-state index contributed by atoms with van der Waals surface area (Å²) in [5, 5.41) is 2.84. The Morgan fingerprint density at radius 1 is 1.26 bits per heavy atom. The Bertz CT molecular complexity index is 487. The van der Waals surface area contributed by atoms with Crippen LogP contribution >= 0.6 is 0 Å². The normalized spacial score (nSPS) is 11.0. The molecule has 1 N–H and O–H groups in total. The fourth-order valence-electron chi connectivity index (χ4n) is 1.78. The van der Waals surface area contributed by atoms with Gasteiger partial charge in [0, 0.05) is 12.1 Å². The maximum atomic E-state index is 11.9. The molecule has 0 aromatic heterocycles. The van der Waals surface area contributed by atoms with E-state index in [-0.39, 0.29) is 11.3 Å². The molecule has 0 saturated carbocycles. The molecule has 1 aromatic rings. The van der Waals surface area contributed by atoms with E-state index >= 15 is 0 Å². The van der Waals surface area contributed by atoms with Crippen LogP contribution in [0.1, 0.15) is 43.1 Å². The second-order valence-corrected chi connectivity index (χ2v) is 5.76. The van der Waals surface area contributed by atoms with Crippen molar-refractivity contribution < 1.29 is 14.3 Å². The lowest BCUT2D eigenvalue weighted by atomic mass is 9.92. The topological polar surface area (TPSA) is 55.4 Å². The van der Waals surface area contributed by atoms with Crippen molar-refractivity contribution in [1.82, 2.24) is 0 Å². The molecule has 0 radical (unpaired) electrons. The molecule has 0 bridgehead atoms. The summed E-state index contributed by atoms with van der Waals surface area (Å²) < 4.78 is 4.71. The van der Waals surface area contributed by atoms with E-state index in [0.29, 0.717) is 17.7 Å². The van der Waals surface area contributed by atoms with Gasteiger partial charge in [-0.1, -0.05) is 26.8 Å². The van der Waals surface area contributed by atoms with Gasteiger partial charge in [-0.2, -0.15) is 0 Å². The largest absolute Gasteiger partial charge is 0.465 e. The first-order chi connectivity index (χ1) is 8.74. The number of methoxy groups -OCH3 is 1. The van der Waals surface area contributed by atoms with Crippen LogP contribution in [0.25, 0.3) is 0 Å². The minimum atomic E-state index is -0.399. The monoisotopic (exact) mass is 263 g/mol. The fourth-order valence-corrected chi connectivity index (χ4v) is 1.78. The van der Waals surface area contributed by atoms with E-state index in [0.717, 1.165) is 5.56 Å². The van der Waals surface area contributed by atoms with Crippen LogP contribution in [-0.4, -0.2) is 19.0 Å². The molecular weight excluding hydrogens is 242 g/mol. The Morgan fingerprint density at radius 2 is 1.89 bits per heavy atom. The molecule has 0 unspecified atom stereocenters. The van der Waals surface area contributed by atoms with Crippen LogP contribution in [0.3, 0.4) is 0 Å². The second-order valence-electron chi connectivity index (χ2n) is 5.76. The Kier molecular flexibility index (Phi) is 4.70. The molecule has 0 aliphatic heterocycles. The first kappa shape index (κ1) is 15.2. The number of hydrogen-bond donors (Lipinski definition) is 1. The molecule has 104 valence electrons. The Hall–Kier alpha value is -1.84. The standard InChI is InChI=1S/C15H21NO3/c1-10-11(14(18)19-5)7-6-8-12(10)16-13(17)9-15(2,3)4/h6-8H,9H2,1-5H3,(H,16,17). The summed E-state index contributed by atoms with van der Waals surface area (Å²) in [6, 6.07) is 5.19.